The van der Waals surface area contributed by atoms with Gasteiger partial charge in [-0.1, -0.05) is 17.2 Å². The molecule has 2 heterocycles. The van der Waals surface area contributed by atoms with Gasteiger partial charge in [0.25, 0.3) is 0 Å². The molecule has 0 fully saturated rings. The van der Waals surface area contributed by atoms with Gasteiger partial charge in [0, 0.05) is 24.4 Å². The van der Waals surface area contributed by atoms with E-state index in [0.29, 0.717) is 29.0 Å². The molecule has 0 amide bonds. The van der Waals surface area contributed by atoms with E-state index in [1.165, 1.54) is 0 Å². The molecule has 0 aliphatic carbocycles. The van der Waals surface area contributed by atoms with E-state index in [2.05, 4.69) is 21.0 Å². The molecule has 136 valence electrons. The maximum atomic E-state index is 12.3. The summed E-state index contributed by atoms with van der Waals surface area (Å²) >= 11 is 0. The zero-order valence-electron chi connectivity index (χ0n) is 15.2. The van der Waals surface area contributed by atoms with E-state index in [0.717, 1.165) is 22.5 Å². The third kappa shape index (κ3) is 3.74. The third-order valence-electron chi connectivity index (χ3n) is 4.22. The second-order valence-corrected chi connectivity index (χ2v) is 6.50. The number of fused-ring (bicyclic) bond motifs is 1. The zero-order chi connectivity index (χ0) is 18.8. The van der Waals surface area contributed by atoms with Crippen LogP contribution in [0.25, 0.3) is 22.6 Å². The number of hydrogen-bond acceptors (Lipinski definition) is 5. The largest absolute Gasteiger partial charge is 0.462 e. The zero-order valence-corrected chi connectivity index (χ0v) is 15.2. The van der Waals surface area contributed by atoms with E-state index in [4.69, 9.17) is 9.15 Å². The van der Waals surface area contributed by atoms with Gasteiger partial charge in [-0.25, -0.2) is 14.8 Å². The number of imidazole rings is 1. The number of carbonyl (C=O) groups is 1. The van der Waals surface area contributed by atoms with Gasteiger partial charge in [-0.2, -0.15) is 0 Å². The van der Waals surface area contributed by atoms with Gasteiger partial charge in [0.1, 0.15) is 11.3 Å². The van der Waals surface area contributed by atoms with E-state index in [1.54, 1.807) is 30.6 Å². The number of H-pyrrole nitrogens is 1. The number of carbonyl (C=O) groups excluding carboxylic acids is 1. The summed E-state index contributed by atoms with van der Waals surface area (Å²) in [5.41, 5.74) is 4.92. The summed E-state index contributed by atoms with van der Waals surface area (Å²) < 4.78 is 11.2. The van der Waals surface area contributed by atoms with Crippen molar-refractivity contribution in [3.63, 3.8) is 0 Å². The minimum atomic E-state index is -0.396. The molecule has 6 heteroatoms. The number of ether oxygens (including phenoxy) is 1. The van der Waals surface area contributed by atoms with Crippen molar-refractivity contribution < 1.29 is 13.9 Å². The van der Waals surface area contributed by atoms with Crippen LogP contribution in [0.1, 0.15) is 27.3 Å². The molecule has 0 spiro atoms. The lowest BCUT2D eigenvalue weighted by Crippen LogP contribution is -2.08. The Balaban J connectivity index is 1.52. The van der Waals surface area contributed by atoms with Crippen LogP contribution in [0.15, 0.2) is 53.2 Å². The molecule has 0 saturated heterocycles. The number of esters is 1. The summed E-state index contributed by atoms with van der Waals surface area (Å²) in [5, 5.41) is 0. The number of oxazole rings is 1. The molecule has 4 rings (SSSR count). The number of nitrogens with one attached hydrogen (secondary N) is 1. The van der Waals surface area contributed by atoms with Crippen LogP contribution in [-0.4, -0.2) is 27.5 Å². The van der Waals surface area contributed by atoms with Crippen LogP contribution in [0, 0.1) is 13.8 Å². The second-order valence-electron chi connectivity index (χ2n) is 6.50. The van der Waals surface area contributed by atoms with Gasteiger partial charge in [0.15, 0.2) is 5.58 Å². The van der Waals surface area contributed by atoms with Crippen LogP contribution in [0.2, 0.25) is 0 Å². The molecule has 4 aromatic rings. The van der Waals surface area contributed by atoms with Crippen molar-refractivity contribution in [2.75, 3.05) is 6.61 Å². The van der Waals surface area contributed by atoms with Crippen LogP contribution in [0.5, 0.6) is 0 Å². The highest BCUT2D eigenvalue weighted by atomic mass is 16.5. The van der Waals surface area contributed by atoms with Crippen molar-refractivity contribution in [3.8, 4) is 11.5 Å². The molecule has 1 N–H and O–H groups in total. The number of hydrogen-bond donors (Lipinski definition) is 1. The molecule has 2 aromatic heterocycles. The highest BCUT2D eigenvalue weighted by Crippen LogP contribution is 2.26. The predicted molar refractivity (Wildman–Crippen MR) is 101 cm³/mol. The summed E-state index contributed by atoms with van der Waals surface area (Å²) in [6.45, 7) is 4.33. The molecular formula is C21H19N3O3. The van der Waals surface area contributed by atoms with Crippen molar-refractivity contribution >= 4 is 17.1 Å². The second kappa shape index (κ2) is 7.07. The van der Waals surface area contributed by atoms with E-state index < -0.39 is 5.97 Å². The van der Waals surface area contributed by atoms with Gasteiger partial charge >= 0.3 is 5.97 Å². The number of aromatic nitrogens is 3. The van der Waals surface area contributed by atoms with E-state index in [9.17, 15) is 4.79 Å². The Kier molecular flexibility index (Phi) is 4.46. The lowest BCUT2D eigenvalue weighted by molar-refractivity contribution is 0.0507. The summed E-state index contributed by atoms with van der Waals surface area (Å²) in [4.78, 5) is 23.9. The molecule has 0 saturated carbocycles. The van der Waals surface area contributed by atoms with Crippen molar-refractivity contribution in [2.45, 2.75) is 20.3 Å². The summed E-state index contributed by atoms with van der Waals surface area (Å²) in [6, 6.07) is 11.3. The fraction of sp³-hybridized carbons (Fsp3) is 0.190. The first-order chi connectivity index (χ1) is 13.1. The first kappa shape index (κ1) is 17.0. The maximum Gasteiger partial charge on any atom is 0.338 e. The van der Waals surface area contributed by atoms with Gasteiger partial charge < -0.3 is 14.1 Å². The first-order valence-electron chi connectivity index (χ1n) is 8.73. The molecule has 6 nitrogen and oxygen atoms in total. The first-order valence-corrected chi connectivity index (χ1v) is 8.73. The monoisotopic (exact) mass is 361 g/mol. The Morgan fingerprint density at radius 1 is 1.15 bits per heavy atom. The summed E-state index contributed by atoms with van der Waals surface area (Å²) in [5.74, 6) is 0.930. The number of aryl methyl sites for hydroxylation is 2. The van der Waals surface area contributed by atoms with Gasteiger partial charge in [-0.05, 0) is 44.2 Å². The average Bonchev–Trinajstić information content (AvgIpc) is 3.29. The maximum absolute atomic E-state index is 12.3. The number of nitrogens with zero attached hydrogens (tertiary/aromatic N) is 2. The molecule has 0 unspecified atom stereocenters. The van der Waals surface area contributed by atoms with Crippen LogP contribution < -0.4 is 0 Å². The minimum absolute atomic E-state index is 0.259. The Morgan fingerprint density at radius 2 is 1.96 bits per heavy atom. The fourth-order valence-electron chi connectivity index (χ4n) is 3.03. The molecule has 0 atom stereocenters. The smallest absolute Gasteiger partial charge is 0.338 e. The quantitative estimate of drug-likeness (QED) is 0.538. The topological polar surface area (TPSA) is 81.0 Å². The Morgan fingerprint density at radius 3 is 2.70 bits per heavy atom. The molecule has 0 aliphatic heterocycles. The molecule has 0 bridgehead atoms. The Labute approximate surface area is 156 Å². The van der Waals surface area contributed by atoms with Gasteiger partial charge in [-0.3, -0.25) is 0 Å². The van der Waals surface area contributed by atoms with Gasteiger partial charge in [-0.15, -0.1) is 0 Å². The van der Waals surface area contributed by atoms with Crippen LogP contribution >= 0.6 is 0 Å². The van der Waals surface area contributed by atoms with E-state index in [1.807, 2.05) is 26.0 Å². The van der Waals surface area contributed by atoms with Gasteiger partial charge in [0.05, 0.1) is 12.2 Å². The third-order valence-corrected chi connectivity index (χ3v) is 4.22. The molecular weight excluding hydrogens is 342 g/mol. The molecule has 27 heavy (non-hydrogen) atoms. The number of benzene rings is 2. The summed E-state index contributed by atoms with van der Waals surface area (Å²) in [7, 11) is 0. The normalized spacial score (nSPS) is 11.0. The summed E-state index contributed by atoms with van der Waals surface area (Å²) in [6.07, 6.45) is 3.95. The standard InChI is InChI=1S/C21H19N3O3/c1-13-9-14(2)11-16(10-13)20-24-17-4-3-15(12-18(17)27-20)21(25)26-8-5-19-22-6-7-23-19/h3-4,6-7,9-12H,5,8H2,1-2H3,(H,22,23). The van der Waals surface area contributed by atoms with E-state index >= 15 is 0 Å². The minimum Gasteiger partial charge on any atom is -0.462 e. The highest BCUT2D eigenvalue weighted by Gasteiger charge is 2.13. The Hall–Kier alpha value is -3.41. The number of rotatable bonds is 5. The number of aromatic amines is 1. The SMILES string of the molecule is Cc1cc(C)cc(-c2nc3ccc(C(=O)OCCc4ncc[nH]4)cc3o2)c1. The molecule has 0 radical (unpaired) electrons. The molecule has 0 aliphatic rings. The van der Waals surface area contributed by atoms with Crippen LogP contribution in [0.4, 0.5) is 0 Å². The molecule has 2 aromatic carbocycles. The fourth-order valence-corrected chi connectivity index (χ4v) is 3.03. The average molecular weight is 361 g/mol. The van der Waals surface area contributed by atoms with Crippen LogP contribution in [-0.2, 0) is 11.2 Å². The van der Waals surface area contributed by atoms with Crippen molar-refractivity contribution in [1.29, 1.82) is 0 Å². The van der Waals surface area contributed by atoms with Crippen LogP contribution in [0.3, 0.4) is 0 Å². The Bertz CT molecular complexity index is 1080. The lowest BCUT2D eigenvalue weighted by Gasteiger charge is -2.03. The van der Waals surface area contributed by atoms with Crippen molar-refractivity contribution in [3.05, 3.63) is 71.3 Å². The predicted octanol–water partition coefficient (Wildman–Crippen LogP) is 4.23. The van der Waals surface area contributed by atoms with Gasteiger partial charge in [0.2, 0.25) is 5.89 Å². The lowest BCUT2D eigenvalue weighted by atomic mass is 10.1. The highest BCUT2D eigenvalue weighted by molar-refractivity contribution is 5.93. The van der Waals surface area contributed by atoms with E-state index in [-0.39, 0.29) is 6.61 Å². The van der Waals surface area contributed by atoms with Crippen molar-refractivity contribution in [1.82, 2.24) is 15.0 Å². The van der Waals surface area contributed by atoms with Crippen molar-refractivity contribution in [2.24, 2.45) is 0 Å².